The van der Waals surface area contributed by atoms with Crippen LogP contribution in [-0.4, -0.2) is 54.6 Å². The van der Waals surface area contributed by atoms with Crippen LogP contribution >= 0.6 is 15.9 Å². The van der Waals surface area contributed by atoms with Crippen LogP contribution in [0.2, 0.25) is 0 Å². The first-order valence-corrected chi connectivity index (χ1v) is 9.86. The lowest BCUT2D eigenvalue weighted by atomic mass is 9.96. The second-order valence-corrected chi connectivity index (χ2v) is 6.79. The van der Waals surface area contributed by atoms with Crippen molar-refractivity contribution >= 4 is 15.9 Å². The fourth-order valence-corrected chi connectivity index (χ4v) is 3.42. The van der Waals surface area contributed by atoms with Gasteiger partial charge in [0.1, 0.15) is 11.5 Å². The Balaban J connectivity index is 2.45. The Bertz CT molecular complexity index is 712. The second-order valence-electron chi connectivity index (χ2n) is 6.00. The van der Waals surface area contributed by atoms with E-state index in [1.807, 2.05) is 24.3 Å². The highest BCUT2D eigenvalue weighted by atomic mass is 79.9. The highest BCUT2D eigenvalue weighted by molar-refractivity contribution is 9.10. The molecule has 7 heteroatoms. The third-order valence-electron chi connectivity index (χ3n) is 4.05. The van der Waals surface area contributed by atoms with Gasteiger partial charge in [0.15, 0.2) is 13.6 Å². The third-order valence-corrected chi connectivity index (χ3v) is 4.92. The summed E-state index contributed by atoms with van der Waals surface area (Å²) >= 11 is 3.72. The smallest absolute Gasteiger partial charge is 0.188 e. The molecule has 154 valence electrons. The standard InChI is InChI=1S/C21H28BrNO5/c1-24-12-11-23-10-9-17-20(16-7-5-4-6-8-16)18(27-14-25-2)13-19(21(17)22)28-15-26-3/h4-8,13,23H,9-12,14-15H2,1-3H3. The van der Waals surface area contributed by atoms with Gasteiger partial charge in [-0.05, 0) is 40.0 Å². The first kappa shape index (κ1) is 22.6. The second kappa shape index (κ2) is 12.7. The van der Waals surface area contributed by atoms with Gasteiger partial charge in [-0.1, -0.05) is 30.3 Å². The molecule has 2 aromatic carbocycles. The SMILES string of the molecule is COCCNCCc1c(Br)c(OCOC)cc(OCOC)c1-c1ccccc1. The monoisotopic (exact) mass is 453 g/mol. The van der Waals surface area contributed by atoms with Crippen LogP contribution < -0.4 is 14.8 Å². The minimum Gasteiger partial charge on any atom is -0.467 e. The zero-order valence-corrected chi connectivity index (χ0v) is 18.2. The lowest BCUT2D eigenvalue weighted by Crippen LogP contribution is -2.22. The van der Waals surface area contributed by atoms with Gasteiger partial charge >= 0.3 is 0 Å². The number of benzene rings is 2. The van der Waals surface area contributed by atoms with Gasteiger partial charge in [0.05, 0.1) is 11.1 Å². The van der Waals surface area contributed by atoms with Crippen molar-refractivity contribution in [3.05, 3.63) is 46.4 Å². The zero-order valence-electron chi connectivity index (χ0n) is 16.6. The summed E-state index contributed by atoms with van der Waals surface area (Å²) in [5, 5.41) is 3.39. The molecule has 0 atom stereocenters. The number of rotatable bonds is 13. The topological polar surface area (TPSA) is 58.2 Å². The van der Waals surface area contributed by atoms with Gasteiger partial charge in [0.2, 0.25) is 0 Å². The summed E-state index contributed by atoms with van der Waals surface area (Å²) < 4.78 is 27.8. The molecule has 0 spiro atoms. The van der Waals surface area contributed by atoms with E-state index < -0.39 is 0 Å². The van der Waals surface area contributed by atoms with E-state index in [1.54, 1.807) is 21.3 Å². The minimum absolute atomic E-state index is 0.150. The molecule has 2 rings (SSSR count). The van der Waals surface area contributed by atoms with Crippen molar-refractivity contribution < 1.29 is 23.7 Å². The summed E-state index contributed by atoms with van der Waals surface area (Å²) in [5.74, 6) is 1.37. The fraction of sp³-hybridized carbons (Fsp3) is 0.429. The lowest BCUT2D eigenvalue weighted by molar-refractivity contribution is 0.0458. The van der Waals surface area contributed by atoms with E-state index in [1.165, 1.54) is 0 Å². The molecule has 0 unspecified atom stereocenters. The Kier molecular flexibility index (Phi) is 10.3. The van der Waals surface area contributed by atoms with Crippen LogP contribution in [0.5, 0.6) is 11.5 Å². The fourth-order valence-electron chi connectivity index (χ4n) is 2.79. The van der Waals surface area contributed by atoms with Crippen molar-refractivity contribution in [2.75, 3.05) is 54.6 Å². The number of ether oxygens (including phenoxy) is 5. The van der Waals surface area contributed by atoms with E-state index in [9.17, 15) is 0 Å². The average Bonchev–Trinajstić information content (AvgIpc) is 2.73. The molecule has 0 saturated heterocycles. The molecule has 0 aliphatic rings. The van der Waals surface area contributed by atoms with Crippen LogP contribution in [-0.2, 0) is 20.6 Å². The molecule has 6 nitrogen and oxygen atoms in total. The molecule has 28 heavy (non-hydrogen) atoms. The van der Waals surface area contributed by atoms with Crippen molar-refractivity contribution in [2.45, 2.75) is 6.42 Å². The number of nitrogens with one attached hydrogen (secondary N) is 1. The van der Waals surface area contributed by atoms with Gasteiger partial charge in [-0.2, -0.15) is 0 Å². The minimum atomic E-state index is 0.150. The van der Waals surface area contributed by atoms with Gasteiger partial charge in [-0.15, -0.1) is 0 Å². The van der Waals surface area contributed by atoms with Crippen molar-refractivity contribution in [3.63, 3.8) is 0 Å². The van der Waals surface area contributed by atoms with E-state index in [0.29, 0.717) is 18.1 Å². The molecular formula is C21H28BrNO5. The van der Waals surface area contributed by atoms with Crippen LogP contribution in [0.3, 0.4) is 0 Å². The predicted octanol–water partition coefficient (Wildman–Crippen LogP) is 3.86. The molecule has 0 bridgehead atoms. The summed E-state index contributed by atoms with van der Waals surface area (Å²) in [5.41, 5.74) is 3.18. The van der Waals surface area contributed by atoms with Gasteiger partial charge < -0.3 is 29.0 Å². The summed E-state index contributed by atoms with van der Waals surface area (Å²) in [6.07, 6.45) is 0.780. The first-order valence-electron chi connectivity index (χ1n) is 9.06. The molecule has 2 aromatic rings. The number of methoxy groups -OCH3 is 3. The van der Waals surface area contributed by atoms with Crippen LogP contribution in [0.15, 0.2) is 40.9 Å². The Labute approximate surface area is 175 Å². The van der Waals surface area contributed by atoms with Crippen molar-refractivity contribution in [3.8, 4) is 22.6 Å². The van der Waals surface area contributed by atoms with Crippen molar-refractivity contribution in [2.24, 2.45) is 0 Å². The maximum absolute atomic E-state index is 5.90. The van der Waals surface area contributed by atoms with Crippen LogP contribution in [0.4, 0.5) is 0 Å². The van der Waals surface area contributed by atoms with E-state index in [0.717, 1.165) is 40.7 Å². The molecule has 0 amide bonds. The van der Waals surface area contributed by atoms with E-state index in [4.69, 9.17) is 23.7 Å². The van der Waals surface area contributed by atoms with Gasteiger partial charge in [0.25, 0.3) is 0 Å². The Morgan fingerprint density at radius 3 is 2.18 bits per heavy atom. The Morgan fingerprint density at radius 1 is 0.857 bits per heavy atom. The molecule has 0 saturated carbocycles. The summed E-state index contributed by atoms with van der Waals surface area (Å²) in [6.45, 7) is 2.56. The van der Waals surface area contributed by atoms with Crippen molar-refractivity contribution in [1.82, 2.24) is 5.32 Å². The summed E-state index contributed by atoms with van der Waals surface area (Å²) in [7, 11) is 4.89. The van der Waals surface area contributed by atoms with Crippen LogP contribution in [0.25, 0.3) is 11.1 Å². The maximum Gasteiger partial charge on any atom is 0.188 e. The van der Waals surface area contributed by atoms with Crippen LogP contribution in [0, 0.1) is 0 Å². The number of halogens is 1. The zero-order chi connectivity index (χ0) is 20.2. The maximum atomic E-state index is 5.90. The highest BCUT2D eigenvalue weighted by Crippen LogP contribution is 2.43. The quantitative estimate of drug-likeness (QED) is 0.367. The predicted molar refractivity (Wildman–Crippen MR) is 113 cm³/mol. The summed E-state index contributed by atoms with van der Waals surface area (Å²) in [6, 6.07) is 12.0. The van der Waals surface area contributed by atoms with Gasteiger partial charge in [0, 0.05) is 39.5 Å². The molecule has 0 fully saturated rings. The largest absolute Gasteiger partial charge is 0.467 e. The first-order chi connectivity index (χ1) is 13.7. The third kappa shape index (κ3) is 6.46. The molecule has 0 radical (unpaired) electrons. The molecule has 0 aromatic heterocycles. The van der Waals surface area contributed by atoms with E-state index in [-0.39, 0.29) is 13.6 Å². The molecule has 0 aliphatic carbocycles. The molecule has 0 heterocycles. The van der Waals surface area contributed by atoms with Crippen molar-refractivity contribution in [1.29, 1.82) is 0 Å². The lowest BCUT2D eigenvalue weighted by Gasteiger charge is -2.20. The molecule has 1 N–H and O–H groups in total. The summed E-state index contributed by atoms with van der Waals surface area (Å²) in [4.78, 5) is 0. The number of hydrogen-bond acceptors (Lipinski definition) is 6. The number of hydrogen-bond donors (Lipinski definition) is 1. The van der Waals surface area contributed by atoms with Gasteiger partial charge in [-0.25, -0.2) is 0 Å². The van der Waals surface area contributed by atoms with E-state index in [2.05, 4.69) is 33.4 Å². The Hall–Kier alpha value is -1.64. The van der Waals surface area contributed by atoms with Crippen LogP contribution in [0.1, 0.15) is 5.56 Å². The van der Waals surface area contributed by atoms with Gasteiger partial charge in [-0.3, -0.25) is 0 Å². The normalized spacial score (nSPS) is 10.9. The molecule has 0 aliphatic heterocycles. The molecular weight excluding hydrogens is 426 g/mol. The highest BCUT2D eigenvalue weighted by Gasteiger charge is 2.20. The Morgan fingerprint density at radius 2 is 1.54 bits per heavy atom. The average molecular weight is 454 g/mol. The van der Waals surface area contributed by atoms with E-state index >= 15 is 0 Å².